The molecule has 0 bridgehead atoms. The predicted molar refractivity (Wildman–Crippen MR) is 143 cm³/mol. The molecule has 0 atom stereocenters. The molecule has 0 saturated carbocycles. The minimum atomic E-state index is -0.210. The second kappa shape index (κ2) is 10.3. The van der Waals surface area contributed by atoms with Crippen LogP contribution in [0.1, 0.15) is 51.3 Å². The summed E-state index contributed by atoms with van der Waals surface area (Å²) in [5.74, 6) is 0.794. The monoisotopic (exact) mass is 453 g/mol. The number of aryl methyl sites for hydroxylation is 1. The van der Waals surface area contributed by atoms with Crippen LogP contribution in [0.5, 0.6) is 5.75 Å². The summed E-state index contributed by atoms with van der Waals surface area (Å²) in [4.78, 5) is 13.4. The van der Waals surface area contributed by atoms with E-state index in [1.807, 2.05) is 35.9 Å². The van der Waals surface area contributed by atoms with E-state index in [1.165, 1.54) is 5.56 Å². The molecule has 3 heteroatoms. The first-order valence-electron chi connectivity index (χ1n) is 12.3. The largest absolute Gasteiger partial charge is 0.493 e. The Morgan fingerprint density at radius 1 is 0.794 bits per heavy atom. The highest BCUT2D eigenvalue weighted by Crippen LogP contribution is 2.40. The van der Waals surface area contributed by atoms with Gasteiger partial charge >= 0.3 is 0 Å². The maximum absolute atomic E-state index is 13.4. The molecule has 3 nitrogen and oxygen atoms in total. The molecule has 0 aliphatic carbocycles. The fraction of sp³-hybridized carbons (Fsp3) is 0.323. The number of fused-ring (bicyclic) bond motifs is 1. The van der Waals surface area contributed by atoms with Crippen molar-refractivity contribution in [1.29, 1.82) is 0 Å². The van der Waals surface area contributed by atoms with Gasteiger partial charge in [0.25, 0.3) is 5.56 Å². The Labute approximate surface area is 203 Å². The van der Waals surface area contributed by atoms with Gasteiger partial charge in [-0.2, -0.15) is 0 Å². The fourth-order valence-corrected chi connectivity index (χ4v) is 4.85. The SMILES string of the molecule is Cn1c(C(C)(C)C)c(-c2ccccc2)c2c(OCCCCCc3ccccc3)cccc2c1=O. The first-order valence-corrected chi connectivity index (χ1v) is 12.3. The zero-order chi connectivity index (χ0) is 24.1. The number of ether oxygens (including phenoxy) is 1. The number of nitrogens with zero attached hydrogens (tertiary/aromatic N) is 1. The molecule has 34 heavy (non-hydrogen) atoms. The summed E-state index contributed by atoms with van der Waals surface area (Å²) < 4.78 is 8.17. The number of rotatable bonds is 8. The van der Waals surface area contributed by atoms with E-state index in [2.05, 4.69) is 75.4 Å². The van der Waals surface area contributed by atoms with E-state index < -0.39 is 0 Å². The summed E-state index contributed by atoms with van der Waals surface area (Å²) in [7, 11) is 1.88. The number of hydrogen-bond acceptors (Lipinski definition) is 2. The van der Waals surface area contributed by atoms with Crippen LogP contribution in [0.3, 0.4) is 0 Å². The number of aromatic nitrogens is 1. The Hall–Kier alpha value is -3.33. The highest BCUT2D eigenvalue weighted by molar-refractivity contribution is 6.01. The molecule has 3 aromatic carbocycles. The molecule has 0 aliphatic rings. The average molecular weight is 454 g/mol. The Balaban J connectivity index is 1.65. The van der Waals surface area contributed by atoms with Crippen molar-refractivity contribution in [2.24, 2.45) is 7.05 Å². The Bertz CT molecular complexity index is 1300. The van der Waals surface area contributed by atoms with Crippen LogP contribution in [0.4, 0.5) is 0 Å². The number of unbranched alkanes of at least 4 members (excludes halogenated alkanes) is 2. The Kier molecular flexibility index (Phi) is 7.21. The summed E-state index contributed by atoms with van der Waals surface area (Å²) in [5, 5.41) is 1.63. The van der Waals surface area contributed by atoms with Crippen LogP contribution >= 0.6 is 0 Å². The van der Waals surface area contributed by atoms with Gasteiger partial charge in [0.2, 0.25) is 0 Å². The molecule has 0 radical (unpaired) electrons. The lowest BCUT2D eigenvalue weighted by Gasteiger charge is -2.28. The van der Waals surface area contributed by atoms with Gasteiger partial charge in [0.1, 0.15) is 5.75 Å². The fourth-order valence-electron chi connectivity index (χ4n) is 4.85. The highest BCUT2D eigenvalue weighted by Gasteiger charge is 2.27. The molecule has 0 unspecified atom stereocenters. The van der Waals surface area contributed by atoms with Crippen LogP contribution in [0.2, 0.25) is 0 Å². The van der Waals surface area contributed by atoms with Gasteiger partial charge in [-0.3, -0.25) is 4.79 Å². The van der Waals surface area contributed by atoms with Crippen molar-refractivity contribution >= 4 is 10.8 Å². The van der Waals surface area contributed by atoms with Gasteiger partial charge in [-0.15, -0.1) is 0 Å². The standard InChI is InChI=1S/C31H35NO2/c1-31(2,3)29-27(24-18-11-6-12-19-24)28-25(30(33)32(29)4)20-14-21-26(28)34-22-13-7-10-17-23-15-8-5-9-16-23/h5-6,8-9,11-12,14-16,18-21H,7,10,13,17,22H2,1-4H3. The molecule has 4 aromatic rings. The Morgan fingerprint density at radius 3 is 2.15 bits per heavy atom. The molecule has 0 amide bonds. The van der Waals surface area contributed by atoms with Gasteiger partial charge in [0.15, 0.2) is 0 Å². The lowest BCUT2D eigenvalue weighted by atomic mass is 9.83. The molecule has 1 heterocycles. The maximum Gasteiger partial charge on any atom is 0.258 e. The van der Waals surface area contributed by atoms with E-state index >= 15 is 0 Å². The van der Waals surface area contributed by atoms with Crippen LogP contribution < -0.4 is 10.3 Å². The van der Waals surface area contributed by atoms with Gasteiger partial charge in [-0.05, 0) is 48.9 Å². The third-order valence-electron chi connectivity index (χ3n) is 6.37. The first kappa shape index (κ1) is 23.8. The molecule has 176 valence electrons. The Morgan fingerprint density at radius 2 is 1.47 bits per heavy atom. The second-order valence-corrected chi connectivity index (χ2v) is 10.0. The summed E-state index contributed by atoms with van der Waals surface area (Å²) >= 11 is 0. The quantitative estimate of drug-likeness (QED) is 0.262. The van der Waals surface area contributed by atoms with E-state index in [-0.39, 0.29) is 11.0 Å². The van der Waals surface area contributed by atoms with Gasteiger partial charge in [-0.1, -0.05) is 87.5 Å². The summed E-state index contributed by atoms with van der Waals surface area (Å²) in [6, 6.07) is 26.8. The normalized spacial score (nSPS) is 11.6. The van der Waals surface area contributed by atoms with Crippen LogP contribution in [0.25, 0.3) is 21.9 Å². The van der Waals surface area contributed by atoms with Crippen molar-refractivity contribution in [3.63, 3.8) is 0 Å². The third-order valence-corrected chi connectivity index (χ3v) is 6.37. The van der Waals surface area contributed by atoms with E-state index in [9.17, 15) is 4.79 Å². The van der Waals surface area contributed by atoms with Crippen LogP contribution in [-0.2, 0) is 18.9 Å². The van der Waals surface area contributed by atoms with E-state index in [0.29, 0.717) is 12.0 Å². The topological polar surface area (TPSA) is 31.2 Å². The molecule has 0 N–H and O–H groups in total. The lowest BCUT2D eigenvalue weighted by molar-refractivity contribution is 0.309. The predicted octanol–water partition coefficient (Wildman–Crippen LogP) is 7.29. The molecule has 4 rings (SSSR count). The molecule has 0 saturated heterocycles. The molecular formula is C31H35NO2. The van der Waals surface area contributed by atoms with Crippen molar-refractivity contribution in [1.82, 2.24) is 4.57 Å². The van der Waals surface area contributed by atoms with Crippen molar-refractivity contribution in [2.75, 3.05) is 6.61 Å². The average Bonchev–Trinajstić information content (AvgIpc) is 2.83. The van der Waals surface area contributed by atoms with Gasteiger partial charge in [0, 0.05) is 29.1 Å². The van der Waals surface area contributed by atoms with Crippen molar-refractivity contribution in [3.05, 3.63) is 100 Å². The van der Waals surface area contributed by atoms with Crippen LogP contribution in [-0.4, -0.2) is 11.2 Å². The summed E-state index contributed by atoms with van der Waals surface area (Å²) in [5.41, 5.74) is 4.41. The molecule has 1 aromatic heterocycles. The molecule has 0 aliphatic heterocycles. The van der Waals surface area contributed by atoms with E-state index in [4.69, 9.17) is 4.74 Å². The van der Waals surface area contributed by atoms with Gasteiger partial charge in [-0.25, -0.2) is 0 Å². The highest BCUT2D eigenvalue weighted by atomic mass is 16.5. The molecular weight excluding hydrogens is 418 g/mol. The van der Waals surface area contributed by atoms with Gasteiger partial charge in [0.05, 0.1) is 12.0 Å². The lowest BCUT2D eigenvalue weighted by Crippen LogP contribution is -2.29. The number of hydrogen-bond donors (Lipinski definition) is 0. The minimum Gasteiger partial charge on any atom is -0.493 e. The molecule has 0 fully saturated rings. The smallest absolute Gasteiger partial charge is 0.258 e. The second-order valence-electron chi connectivity index (χ2n) is 10.0. The summed E-state index contributed by atoms with van der Waals surface area (Å²) in [6.07, 6.45) is 4.34. The van der Waals surface area contributed by atoms with E-state index in [1.54, 1.807) is 0 Å². The number of pyridine rings is 1. The number of benzene rings is 3. The van der Waals surface area contributed by atoms with Crippen molar-refractivity contribution < 1.29 is 4.74 Å². The van der Waals surface area contributed by atoms with Gasteiger partial charge < -0.3 is 9.30 Å². The van der Waals surface area contributed by atoms with Crippen LogP contribution in [0.15, 0.2) is 83.7 Å². The third kappa shape index (κ3) is 5.09. The first-order chi connectivity index (χ1) is 16.4. The molecule has 0 spiro atoms. The zero-order valence-electron chi connectivity index (χ0n) is 20.8. The summed E-state index contributed by atoms with van der Waals surface area (Å²) in [6.45, 7) is 7.13. The van der Waals surface area contributed by atoms with Crippen molar-refractivity contribution in [3.8, 4) is 16.9 Å². The van der Waals surface area contributed by atoms with E-state index in [0.717, 1.165) is 53.6 Å². The maximum atomic E-state index is 13.4. The van der Waals surface area contributed by atoms with Crippen molar-refractivity contribution in [2.45, 2.75) is 51.9 Å². The zero-order valence-corrected chi connectivity index (χ0v) is 20.8. The minimum absolute atomic E-state index is 0.0212. The van der Waals surface area contributed by atoms with Crippen LogP contribution in [0, 0.1) is 0 Å².